The number of nitrogen functional groups attached to an aromatic ring is 1. The van der Waals surface area contributed by atoms with Crippen LogP contribution in [0.25, 0.3) is 0 Å². The van der Waals surface area contributed by atoms with Gasteiger partial charge in [-0.3, -0.25) is 9.59 Å². The second kappa shape index (κ2) is 8.30. The van der Waals surface area contributed by atoms with Crippen LogP contribution in [-0.2, 0) is 4.79 Å². The maximum Gasteiger partial charge on any atom is 0.303 e. The predicted octanol–water partition coefficient (Wildman–Crippen LogP) is 3.24. The molecule has 2 aromatic rings. The molecule has 0 radical (unpaired) electrons. The number of aromatic nitrogens is 2. The molecule has 4 rings (SSSR count). The highest BCUT2D eigenvalue weighted by Crippen LogP contribution is 2.38. The molecule has 1 aliphatic heterocycles. The molecule has 158 valence electrons. The fourth-order valence-corrected chi connectivity index (χ4v) is 4.47. The van der Waals surface area contributed by atoms with E-state index in [1.54, 1.807) is 4.90 Å². The van der Waals surface area contributed by atoms with Crippen LogP contribution < -0.4 is 15.4 Å². The van der Waals surface area contributed by atoms with Crippen LogP contribution in [0.4, 0.5) is 11.5 Å². The van der Waals surface area contributed by atoms with E-state index in [0.29, 0.717) is 12.5 Å². The summed E-state index contributed by atoms with van der Waals surface area (Å²) in [4.78, 5) is 33.7. The molecule has 1 aliphatic carbocycles. The van der Waals surface area contributed by atoms with Crippen LogP contribution in [0.5, 0.6) is 5.88 Å². The number of anilines is 2. The number of carbonyl (C=O) groups excluding carboxylic acids is 1. The van der Waals surface area contributed by atoms with Crippen molar-refractivity contribution in [2.24, 2.45) is 5.92 Å². The van der Waals surface area contributed by atoms with Gasteiger partial charge >= 0.3 is 5.97 Å². The Morgan fingerprint density at radius 1 is 1.20 bits per heavy atom. The van der Waals surface area contributed by atoms with E-state index in [1.165, 1.54) is 11.9 Å². The molecular weight excluding hydrogens is 384 g/mol. The lowest BCUT2D eigenvalue weighted by Crippen LogP contribution is -2.36. The molecule has 30 heavy (non-hydrogen) atoms. The summed E-state index contributed by atoms with van der Waals surface area (Å²) in [6.45, 7) is 2.27. The van der Waals surface area contributed by atoms with Gasteiger partial charge in [0.1, 0.15) is 23.8 Å². The Hall–Kier alpha value is -3.16. The van der Waals surface area contributed by atoms with Gasteiger partial charge in [-0.25, -0.2) is 9.97 Å². The van der Waals surface area contributed by atoms with Crippen molar-refractivity contribution >= 4 is 23.4 Å². The van der Waals surface area contributed by atoms with Gasteiger partial charge in [-0.1, -0.05) is 12.1 Å². The van der Waals surface area contributed by atoms with Crippen molar-refractivity contribution in [3.8, 4) is 5.88 Å². The fraction of sp³-hybridized carbons (Fsp3) is 0.455. The molecular formula is C22H26N4O4. The fourth-order valence-electron chi connectivity index (χ4n) is 4.47. The van der Waals surface area contributed by atoms with E-state index in [2.05, 4.69) is 22.1 Å². The Bertz CT molecular complexity index is 939. The van der Waals surface area contributed by atoms with Gasteiger partial charge in [-0.15, -0.1) is 0 Å². The second-order valence-electron chi connectivity index (χ2n) is 8.19. The molecule has 1 atom stereocenters. The zero-order chi connectivity index (χ0) is 21.3. The van der Waals surface area contributed by atoms with E-state index in [4.69, 9.17) is 15.6 Å². The highest BCUT2D eigenvalue weighted by Gasteiger charge is 2.31. The summed E-state index contributed by atoms with van der Waals surface area (Å²) in [6.07, 6.45) is 5.18. The molecule has 2 aliphatic rings. The maximum absolute atomic E-state index is 13.2. The number of carboxylic acids is 1. The highest BCUT2D eigenvalue weighted by molar-refractivity contribution is 6.10. The second-order valence-corrected chi connectivity index (χ2v) is 8.19. The van der Waals surface area contributed by atoms with Crippen molar-refractivity contribution in [3.05, 3.63) is 41.7 Å². The SMILES string of the molecule is C[C@@H]1CN(c2ccc(C3CCC(CC(=O)O)CC3)cc2)C(=O)c2c(N)ncnc2O1. The molecule has 1 fully saturated rings. The van der Waals surface area contributed by atoms with E-state index >= 15 is 0 Å². The Balaban J connectivity index is 1.51. The van der Waals surface area contributed by atoms with Crippen LogP contribution >= 0.6 is 0 Å². The largest absolute Gasteiger partial charge is 0.481 e. The number of aliphatic carboxylic acids is 1. The molecule has 1 aromatic heterocycles. The zero-order valence-corrected chi connectivity index (χ0v) is 17.0. The van der Waals surface area contributed by atoms with E-state index in [-0.39, 0.29) is 41.6 Å². The van der Waals surface area contributed by atoms with Crippen LogP contribution in [0.2, 0.25) is 0 Å². The first-order valence-corrected chi connectivity index (χ1v) is 10.3. The predicted molar refractivity (Wildman–Crippen MR) is 112 cm³/mol. The Kier molecular flexibility index (Phi) is 5.57. The standard InChI is InChI=1S/C22H26N4O4/c1-13-11-26(22(29)19-20(23)24-12-25-21(19)30-13)17-8-6-16(7-9-17)15-4-2-14(3-5-15)10-18(27)28/h6-9,12-15H,2-5,10-11H2,1H3,(H,27,28)(H2,23,24,25)/t13-,14?,15?/m1/s1. The van der Waals surface area contributed by atoms with E-state index < -0.39 is 5.97 Å². The average molecular weight is 410 g/mol. The molecule has 0 unspecified atom stereocenters. The number of rotatable bonds is 4. The van der Waals surface area contributed by atoms with Gasteiger partial charge in [0.25, 0.3) is 5.91 Å². The van der Waals surface area contributed by atoms with Crippen molar-refractivity contribution in [2.75, 3.05) is 17.2 Å². The van der Waals surface area contributed by atoms with Crippen LogP contribution in [0, 0.1) is 5.92 Å². The van der Waals surface area contributed by atoms with Gasteiger partial charge < -0.3 is 20.5 Å². The third-order valence-corrected chi connectivity index (χ3v) is 6.04. The number of nitrogens with two attached hydrogens (primary N) is 1. The van der Waals surface area contributed by atoms with Gasteiger partial charge in [0, 0.05) is 12.1 Å². The molecule has 1 aromatic carbocycles. The number of ether oxygens (including phenoxy) is 1. The molecule has 1 saturated carbocycles. The van der Waals surface area contributed by atoms with Gasteiger partial charge in [0.2, 0.25) is 5.88 Å². The zero-order valence-electron chi connectivity index (χ0n) is 17.0. The minimum absolute atomic E-state index is 0.110. The lowest BCUT2D eigenvalue weighted by Gasteiger charge is -2.28. The summed E-state index contributed by atoms with van der Waals surface area (Å²) in [5, 5.41) is 8.98. The lowest BCUT2D eigenvalue weighted by molar-refractivity contribution is -0.138. The van der Waals surface area contributed by atoms with Crippen molar-refractivity contribution in [3.63, 3.8) is 0 Å². The van der Waals surface area contributed by atoms with Crippen LogP contribution in [0.15, 0.2) is 30.6 Å². The Morgan fingerprint density at radius 2 is 1.90 bits per heavy atom. The molecule has 3 N–H and O–H groups in total. The third-order valence-electron chi connectivity index (χ3n) is 6.04. The monoisotopic (exact) mass is 410 g/mol. The average Bonchev–Trinajstić information content (AvgIpc) is 2.85. The van der Waals surface area contributed by atoms with Crippen LogP contribution in [0.1, 0.15) is 60.9 Å². The summed E-state index contributed by atoms with van der Waals surface area (Å²) in [5.41, 5.74) is 8.13. The molecule has 0 spiro atoms. The minimum atomic E-state index is -0.712. The summed E-state index contributed by atoms with van der Waals surface area (Å²) in [7, 11) is 0. The summed E-state index contributed by atoms with van der Waals surface area (Å²) in [6, 6.07) is 8.03. The number of nitrogens with zero attached hydrogens (tertiary/aromatic N) is 3. The maximum atomic E-state index is 13.2. The summed E-state index contributed by atoms with van der Waals surface area (Å²) >= 11 is 0. The Labute approximate surface area is 175 Å². The van der Waals surface area contributed by atoms with Crippen LogP contribution in [-0.4, -0.2) is 39.6 Å². The van der Waals surface area contributed by atoms with Crippen molar-refractivity contribution in [1.82, 2.24) is 9.97 Å². The van der Waals surface area contributed by atoms with Gasteiger partial charge in [-0.05, 0) is 62.1 Å². The number of hydrogen-bond donors (Lipinski definition) is 2. The normalized spacial score (nSPS) is 24.0. The number of carboxylic acid groups (broad SMARTS) is 1. The number of carbonyl (C=O) groups is 2. The van der Waals surface area contributed by atoms with E-state index in [0.717, 1.165) is 31.4 Å². The van der Waals surface area contributed by atoms with Crippen molar-refractivity contribution < 1.29 is 19.4 Å². The summed E-state index contributed by atoms with van der Waals surface area (Å²) < 4.78 is 5.78. The topological polar surface area (TPSA) is 119 Å². The van der Waals surface area contributed by atoms with Gasteiger partial charge in [0.05, 0.1) is 6.54 Å². The number of benzene rings is 1. The molecule has 8 nitrogen and oxygen atoms in total. The Morgan fingerprint density at radius 3 is 2.57 bits per heavy atom. The number of fused-ring (bicyclic) bond motifs is 1. The van der Waals surface area contributed by atoms with Gasteiger partial charge in [0.15, 0.2) is 0 Å². The summed E-state index contributed by atoms with van der Waals surface area (Å²) in [5.74, 6) is 0.0548. The van der Waals surface area contributed by atoms with E-state index in [9.17, 15) is 9.59 Å². The third kappa shape index (κ3) is 4.08. The smallest absolute Gasteiger partial charge is 0.303 e. The quantitative estimate of drug-likeness (QED) is 0.794. The molecule has 0 bridgehead atoms. The number of hydrogen-bond acceptors (Lipinski definition) is 6. The first-order chi connectivity index (χ1) is 14.4. The molecule has 8 heteroatoms. The van der Waals surface area contributed by atoms with Gasteiger partial charge in [-0.2, -0.15) is 0 Å². The first-order valence-electron chi connectivity index (χ1n) is 10.3. The molecule has 1 amide bonds. The van der Waals surface area contributed by atoms with Crippen LogP contribution in [0.3, 0.4) is 0 Å². The van der Waals surface area contributed by atoms with E-state index in [1.807, 2.05) is 19.1 Å². The molecule has 2 heterocycles. The number of amides is 1. The van der Waals surface area contributed by atoms with Crippen molar-refractivity contribution in [1.29, 1.82) is 0 Å². The highest BCUT2D eigenvalue weighted by atomic mass is 16.5. The lowest BCUT2D eigenvalue weighted by atomic mass is 9.77. The first kappa shape index (κ1) is 20.1. The molecule has 0 saturated heterocycles. The minimum Gasteiger partial charge on any atom is -0.481 e. The van der Waals surface area contributed by atoms with Crippen molar-refractivity contribution in [2.45, 2.75) is 51.0 Å².